The van der Waals surface area contributed by atoms with Crippen molar-refractivity contribution in [3.05, 3.63) is 0 Å². The van der Waals surface area contributed by atoms with Gasteiger partial charge in [-0.2, -0.15) is 0 Å². The number of rotatable bonds is 10. The summed E-state index contributed by atoms with van der Waals surface area (Å²) in [5, 5.41) is 8.89. The molecule has 0 radical (unpaired) electrons. The summed E-state index contributed by atoms with van der Waals surface area (Å²) in [6.07, 6.45) is 0.0650. The van der Waals surface area contributed by atoms with E-state index in [2.05, 4.69) is 27.7 Å². The summed E-state index contributed by atoms with van der Waals surface area (Å²) >= 11 is 0. The van der Waals surface area contributed by atoms with Gasteiger partial charge in [-0.3, -0.25) is 14.5 Å². The Labute approximate surface area is 129 Å². The highest BCUT2D eigenvalue weighted by Gasteiger charge is 2.22. The molecule has 1 N–H and O–H groups in total. The van der Waals surface area contributed by atoms with E-state index >= 15 is 0 Å². The fourth-order valence-electron chi connectivity index (χ4n) is 2.39. The van der Waals surface area contributed by atoms with Gasteiger partial charge < -0.3 is 10.0 Å². The molecule has 0 aromatic carbocycles. The van der Waals surface area contributed by atoms with Crippen LogP contribution in [-0.2, 0) is 9.59 Å². The van der Waals surface area contributed by atoms with Crippen molar-refractivity contribution in [2.24, 2.45) is 11.8 Å². The Balaban J connectivity index is 4.71. The average Bonchev–Trinajstić information content (AvgIpc) is 2.32. The van der Waals surface area contributed by atoms with Gasteiger partial charge in [0.1, 0.15) is 0 Å². The van der Waals surface area contributed by atoms with Crippen molar-refractivity contribution in [3.8, 4) is 0 Å². The van der Waals surface area contributed by atoms with Crippen molar-refractivity contribution < 1.29 is 14.7 Å². The molecule has 1 atom stereocenters. The van der Waals surface area contributed by atoms with E-state index in [4.69, 9.17) is 5.11 Å². The molecular weight excluding hydrogens is 268 g/mol. The van der Waals surface area contributed by atoms with Crippen molar-refractivity contribution in [1.29, 1.82) is 0 Å². The number of carbonyl (C=O) groups is 2. The van der Waals surface area contributed by atoms with E-state index in [1.807, 2.05) is 23.6 Å². The van der Waals surface area contributed by atoms with Crippen molar-refractivity contribution in [2.75, 3.05) is 26.2 Å². The number of nitrogens with zero attached hydrogens (tertiary/aromatic N) is 2. The smallest absolute Gasteiger partial charge is 0.304 e. The summed E-state index contributed by atoms with van der Waals surface area (Å²) in [6, 6.07) is -0.128. The molecular formula is C16H32N2O3. The van der Waals surface area contributed by atoms with Gasteiger partial charge in [-0.25, -0.2) is 0 Å². The zero-order valence-electron chi connectivity index (χ0n) is 14.4. The van der Waals surface area contributed by atoms with Crippen molar-refractivity contribution in [2.45, 2.75) is 54.0 Å². The number of hydrogen-bond acceptors (Lipinski definition) is 3. The zero-order valence-corrected chi connectivity index (χ0v) is 14.4. The second-order valence-electron chi connectivity index (χ2n) is 6.60. The van der Waals surface area contributed by atoms with Crippen LogP contribution in [0, 0.1) is 11.8 Å². The van der Waals surface area contributed by atoms with Gasteiger partial charge in [-0.05, 0) is 25.3 Å². The van der Waals surface area contributed by atoms with Crippen molar-refractivity contribution in [1.82, 2.24) is 9.80 Å². The van der Waals surface area contributed by atoms with Crippen molar-refractivity contribution in [3.63, 3.8) is 0 Å². The van der Waals surface area contributed by atoms with Gasteiger partial charge in [0.15, 0.2) is 0 Å². The topological polar surface area (TPSA) is 60.9 Å². The molecule has 0 aliphatic carbocycles. The van der Waals surface area contributed by atoms with E-state index in [1.165, 1.54) is 0 Å². The van der Waals surface area contributed by atoms with E-state index < -0.39 is 5.97 Å². The molecule has 5 nitrogen and oxygen atoms in total. The lowest BCUT2D eigenvalue weighted by Gasteiger charge is -2.31. The molecule has 0 bridgehead atoms. The lowest BCUT2D eigenvalue weighted by molar-refractivity contribution is -0.140. The summed E-state index contributed by atoms with van der Waals surface area (Å²) in [6.45, 7) is 14.7. The zero-order chi connectivity index (χ0) is 16.6. The summed E-state index contributed by atoms with van der Waals surface area (Å²) < 4.78 is 0. The van der Waals surface area contributed by atoms with Crippen LogP contribution in [0.4, 0.5) is 0 Å². The molecule has 5 heteroatoms. The quantitative estimate of drug-likeness (QED) is 0.672. The molecule has 0 rings (SSSR count). The van der Waals surface area contributed by atoms with Crippen LogP contribution in [0.2, 0.25) is 0 Å². The van der Waals surface area contributed by atoms with Gasteiger partial charge in [-0.1, -0.05) is 34.6 Å². The fraction of sp³-hybridized carbons (Fsp3) is 0.875. The van der Waals surface area contributed by atoms with Crippen LogP contribution in [0.5, 0.6) is 0 Å². The first kappa shape index (κ1) is 19.9. The number of aliphatic carboxylic acids is 1. The standard InChI is InChI=1S/C16H32N2O3/c1-7-17(14(6)8-16(20)21)11-15(19)18(9-12(2)3)10-13(4)5/h12-14H,7-11H2,1-6H3,(H,20,21). The second-order valence-corrected chi connectivity index (χ2v) is 6.60. The van der Waals surface area contributed by atoms with Crippen LogP contribution in [-0.4, -0.2) is 59.0 Å². The lowest BCUT2D eigenvalue weighted by Crippen LogP contribution is -2.46. The Bertz CT molecular complexity index is 319. The molecule has 0 fully saturated rings. The van der Waals surface area contributed by atoms with Gasteiger partial charge in [0.25, 0.3) is 0 Å². The number of carbonyl (C=O) groups excluding carboxylic acids is 1. The minimum atomic E-state index is -0.824. The third-order valence-corrected chi connectivity index (χ3v) is 3.36. The van der Waals surface area contributed by atoms with Gasteiger partial charge >= 0.3 is 5.97 Å². The Morgan fingerprint density at radius 3 is 1.81 bits per heavy atom. The Morgan fingerprint density at radius 1 is 1.00 bits per heavy atom. The average molecular weight is 300 g/mol. The molecule has 0 aliphatic heterocycles. The predicted molar refractivity (Wildman–Crippen MR) is 85.2 cm³/mol. The molecule has 0 saturated carbocycles. The van der Waals surface area contributed by atoms with Gasteiger partial charge in [0.2, 0.25) is 5.91 Å². The Hall–Kier alpha value is -1.10. The predicted octanol–water partition coefficient (Wildman–Crippen LogP) is 2.31. The van der Waals surface area contributed by atoms with Crippen LogP contribution in [0.15, 0.2) is 0 Å². The molecule has 0 heterocycles. The van der Waals surface area contributed by atoms with E-state index in [0.29, 0.717) is 24.9 Å². The van der Waals surface area contributed by atoms with E-state index in [1.54, 1.807) is 0 Å². The minimum absolute atomic E-state index is 0.0650. The summed E-state index contributed by atoms with van der Waals surface area (Å²) in [5.74, 6) is 0.129. The van der Waals surface area contributed by atoms with Crippen LogP contribution >= 0.6 is 0 Å². The minimum Gasteiger partial charge on any atom is -0.481 e. The van der Waals surface area contributed by atoms with Gasteiger partial charge in [0.05, 0.1) is 13.0 Å². The SMILES string of the molecule is CCN(CC(=O)N(CC(C)C)CC(C)C)C(C)CC(=O)O. The number of carboxylic acids is 1. The molecule has 0 aliphatic rings. The lowest BCUT2D eigenvalue weighted by atomic mass is 10.1. The number of carboxylic acid groups (broad SMARTS) is 1. The molecule has 124 valence electrons. The summed E-state index contributed by atoms with van der Waals surface area (Å²) in [7, 11) is 0. The van der Waals surface area contributed by atoms with Crippen LogP contribution in [0.1, 0.15) is 48.0 Å². The highest BCUT2D eigenvalue weighted by molar-refractivity contribution is 5.78. The number of likely N-dealkylation sites (N-methyl/N-ethyl adjacent to an activating group) is 1. The van der Waals surface area contributed by atoms with E-state index in [0.717, 1.165) is 13.1 Å². The van der Waals surface area contributed by atoms with Gasteiger partial charge in [-0.15, -0.1) is 0 Å². The molecule has 1 unspecified atom stereocenters. The second kappa shape index (κ2) is 9.77. The fourth-order valence-corrected chi connectivity index (χ4v) is 2.39. The maximum atomic E-state index is 12.5. The molecule has 0 aromatic heterocycles. The molecule has 0 spiro atoms. The number of hydrogen-bond donors (Lipinski definition) is 1. The summed E-state index contributed by atoms with van der Waals surface area (Å²) in [5.41, 5.74) is 0. The van der Waals surface area contributed by atoms with Crippen LogP contribution in [0.25, 0.3) is 0 Å². The number of amides is 1. The molecule has 0 aromatic rings. The third-order valence-electron chi connectivity index (χ3n) is 3.36. The maximum Gasteiger partial charge on any atom is 0.304 e. The highest BCUT2D eigenvalue weighted by atomic mass is 16.4. The van der Waals surface area contributed by atoms with Crippen LogP contribution in [0.3, 0.4) is 0 Å². The first-order valence-corrected chi connectivity index (χ1v) is 7.90. The maximum absolute atomic E-state index is 12.5. The summed E-state index contributed by atoms with van der Waals surface area (Å²) in [4.78, 5) is 27.2. The van der Waals surface area contributed by atoms with Crippen molar-refractivity contribution >= 4 is 11.9 Å². The molecule has 21 heavy (non-hydrogen) atoms. The monoisotopic (exact) mass is 300 g/mol. The van der Waals surface area contributed by atoms with E-state index in [-0.39, 0.29) is 18.4 Å². The largest absolute Gasteiger partial charge is 0.481 e. The third kappa shape index (κ3) is 8.71. The first-order chi connectivity index (χ1) is 9.67. The molecule has 1 amide bonds. The molecule has 0 saturated heterocycles. The highest BCUT2D eigenvalue weighted by Crippen LogP contribution is 2.08. The first-order valence-electron chi connectivity index (χ1n) is 7.90. The van der Waals surface area contributed by atoms with E-state index in [9.17, 15) is 9.59 Å². The Morgan fingerprint density at radius 2 is 1.48 bits per heavy atom. The van der Waals surface area contributed by atoms with Gasteiger partial charge in [0, 0.05) is 19.1 Å². The normalized spacial score (nSPS) is 13.0. The Kier molecular flexibility index (Phi) is 9.26. The van der Waals surface area contributed by atoms with Crippen LogP contribution < -0.4 is 0 Å².